The van der Waals surface area contributed by atoms with Crippen molar-refractivity contribution < 1.29 is 9.53 Å². The third-order valence-corrected chi connectivity index (χ3v) is 5.93. The normalized spacial score (nSPS) is 15.0. The molecule has 0 unspecified atom stereocenters. The number of nitrogens with zero attached hydrogens (tertiary/aromatic N) is 4. The van der Waals surface area contributed by atoms with Crippen LogP contribution in [0.3, 0.4) is 0 Å². The first-order chi connectivity index (χ1) is 15.0. The van der Waals surface area contributed by atoms with Crippen molar-refractivity contribution in [3.63, 3.8) is 0 Å². The molecule has 0 spiro atoms. The summed E-state index contributed by atoms with van der Waals surface area (Å²) in [6, 6.07) is 16.4. The molecule has 0 aliphatic carbocycles. The van der Waals surface area contributed by atoms with Crippen LogP contribution < -0.4 is 4.74 Å². The number of rotatable bonds is 5. The minimum atomic E-state index is 0.0719. The summed E-state index contributed by atoms with van der Waals surface area (Å²) < 4.78 is 7.10. The van der Waals surface area contributed by atoms with Gasteiger partial charge in [0.15, 0.2) is 0 Å². The van der Waals surface area contributed by atoms with Gasteiger partial charge >= 0.3 is 0 Å². The summed E-state index contributed by atoms with van der Waals surface area (Å²) in [4.78, 5) is 17.6. The zero-order chi connectivity index (χ0) is 21.8. The second kappa shape index (κ2) is 9.35. The number of aryl methyl sites for hydroxylation is 1. The summed E-state index contributed by atoms with van der Waals surface area (Å²) in [5, 5.41) is 4.50. The minimum Gasteiger partial charge on any atom is -0.497 e. The molecule has 4 rings (SSSR count). The molecule has 0 radical (unpaired) electrons. The molecule has 0 saturated carbocycles. The van der Waals surface area contributed by atoms with Crippen molar-refractivity contribution >= 4 is 5.91 Å². The standard InChI is InChI=1S/C25H30N4O2/c1-19-6-4-7-22(16-19)29-20(2)24(17-26-29)25(30)28-13-5-12-27(14-15-28)18-21-8-10-23(31-3)11-9-21/h4,6-11,16-17H,5,12-15,18H2,1-3H3. The lowest BCUT2D eigenvalue weighted by Crippen LogP contribution is -2.35. The van der Waals surface area contributed by atoms with Gasteiger partial charge in [0.05, 0.1) is 30.3 Å². The Hall–Kier alpha value is -3.12. The van der Waals surface area contributed by atoms with Crippen LogP contribution in [0.4, 0.5) is 0 Å². The first kappa shape index (κ1) is 21.1. The lowest BCUT2D eigenvalue weighted by Gasteiger charge is -2.22. The number of aromatic nitrogens is 2. The van der Waals surface area contributed by atoms with Gasteiger partial charge in [0.1, 0.15) is 5.75 Å². The van der Waals surface area contributed by atoms with E-state index in [9.17, 15) is 4.79 Å². The summed E-state index contributed by atoms with van der Waals surface area (Å²) in [6.45, 7) is 8.26. The van der Waals surface area contributed by atoms with E-state index < -0.39 is 0 Å². The Morgan fingerprint density at radius 3 is 2.58 bits per heavy atom. The lowest BCUT2D eigenvalue weighted by atomic mass is 10.2. The molecule has 1 aliphatic rings. The average Bonchev–Trinajstić information content (AvgIpc) is 3.01. The number of amides is 1. The van der Waals surface area contributed by atoms with Crippen LogP contribution in [0.1, 0.15) is 33.6 Å². The fraction of sp³-hybridized carbons (Fsp3) is 0.360. The van der Waals surface area contributed by atoms with Crippen LogP contribution in [-0.2, 0) is 6.54 Å². The third-order valence-electron chi connectivity index (χ3n) is 5.93. The molecule has 1 fully saturated rings. The van der Waals surface area contributed by atoms with Crippen molar-refractivity contribution in [3.05, 3.63) is 77.1 Å². The number of benzene rings is 2. The molecule has 0 bridgehead atoms. The maximum atomic E-state index is 13.3. The molecule has 0 N–H and O–H groups in total. The van der Waals surface area contributed by atoms with Crippen LogP contribution in [0.5, 0.6) is 5.75 Å². The van der Waals surface area contributed by atoms with Crippen LogP contribution in [0.25, 0.3) is 5.69 Å². The predicted octanol–water partition coefficient (Wildman–Crippen LogP) is 3.85. The van der Waals surface area contributed by atoms with Crippen LogP contribution in [0.15, 0.2) is 54.7 Å². The van der Waals surface area contributed by atoms with Crippen LogP contribution in [-0.4, -0.2) is 58.8 Å². The zero-order valence-electron chi connectivity index (χ0n) is 18.5. The van der Waals surface area contributed by atoms with E-state index in [-0.39, 0.29) is 5.91 Å². The average molecular weight is 419 g/mol. The van der Waals surface area contributed by atoms with Gasteiger partial charge in [0, 0.05) is 32.7 Å². The zero-order valence-corrected chi connectivity index (χ0v) is 18.5. The van der Waals surface area contributed by atoms with E-state index in [2.05, 4.69) is 41.2 Å². The molecule has 2 aromatic carbocycles. The Balaban J connectivity index is 1.42. The summed E-state index contributed by atoms with van der Waals surface area (Å²) in [6.07, 6.45) is 2.67. The van der Waals surface area contributed by atoms with E-state index >= 15 is 0 Å². The molecule has 6 heteroatoms. The van der Waals surface area contributed by atoms with Gasteiger partial charge < -0.3 is 9.64 Å². The monoisotopic (exact) mass is 418 g/mol. The van der Waals surface area contributed by atoms with E-state index in [0.29, 0.717) is 5.56 Å². The van der Waals surface area contributed by atoms with Gasteiger partial charge in [-0.15, -0.1) is 0 Å². The number of carbonyl (C=O) groups excluding carboxylic acids is 1. The third kappa shape index (κ3) is 4.80. The van der Waals surface area contributed by atoms with Gasteiger partial charge in [-0.25, -0.2) is 4.68 Å². The van der Waals surface area contributed by atoms with Crippen molar-refractivity contribution in [3.8, 4) is 11.4 Å². The van der Waals surface area contributed by atoms with Crippen molar-refractivity contribution in [2.24, 2.45) is 0 Å². The lowest BCUT2D eigenvalue weighted by molar-refractivity contribution is 0.0760. The molecule has 162 valence electrons. The van der Waals surface area contributed by atoms with Gasteiger partial charge in [-0.1, -0.05) is 24.3 Å². The molecular weight excluding hydrogens is 388 g/mol. The quantitative estimate of drug-likeness (QED) is 0.632. The SMILES string of the molecule is COc1ccc(CN2CCCN(C(=O)c3cnn(-c4cccc(C)c4)c3C)CC2)cc1. The van der Waals surface area contributed by atoms with E-state index in [1.165, 1.54) is 11.1 Å². The van der Waals surface area contributed by atoms with Gasteiger partial charge in [0.25, 0.3) is 5.91 Å². The molecule has 1 aromatic heterocycles. The molecule has 3 aromatic rings. The Bertz CT molecular complexity index is 1040. The highest BCUT2D eigenvalue weighted by molar-refractivity contribution is 5.95. The predicted molar refractivity (Wildman–Crippen MR) is 122 cm³/mol. The smallest absolute Gasteiger partial charge is 0.257 e. The first-order valence-corrected chi connectivity index (χ1v) is 10.8. The van der Waals surface area contributed by atoms with Gasteiger partial charge in [-0.05, 0) is 55.7 Å². The molecule has 1 saturated heterocycles. The summed E-state index contributed by atoms with van der Waals surface area (Å²) in [5.74, 6) is 0.945. The molecule has 1 aliphatic heterocycles. The Labute approximate surface area is 184 Å². The van der Waals surface area contributed by atoms with Crippen LogP contribution in [0, 0.1) is 13.8 Å². The van der Waals surface area contributed by atoms with Gasteiger partial charge in [-0.2, -0.15) is 5.10 Å². The fourth-order valence-corrected chi connectivity index (χ4v) is 4.13. The molecule has 31 heavy (non-hydrogen) atoms. The summed E-state index contributed by atoms with van der Waals surface area (Å²) >= 11 is 0. The number of carbonyl (C=O) groups is 1. The van der Waals surface area contributed by atoms with Gasteiger partial charge in [0.2, 0.25) is 0 Å². The van der Waals surface area contributed by atoms with E-state index in [0.717, 1.165) is 56.3 Å². The second-order valence-electron chi connectivity index (χ2n) is 8.16. The van der Waals surface area contributed by atoms with E-state index in [1.807, 2.05) is 40.8 Å². The van der Waals surface area contributed by atoms with Crippen LogP contribution in [0.2, 0.25) is 0 Å². The topological polar surface area (TPSA) is 50.6 Å². The molecule has 6 nitrogen and oxygen atoms in total. The maximum absolute atomic E-state index is 13.3. The highest BCUT2D eigenvalue weighted by Crippen LogP contribution is 2.19. The summed E-state index contributed by atoms with van der Waals surface area (Å²) in [5.41, 5.74) is 4.98. The molecule has 1 amide bonds. The Kier molecular flexibility index (Phi) is 6.37. The minimum absolute atomic E-state index is 0.0719. The molecule has 2 heterocycles. The highest BCUT2D eigenvalue weighted by atomic mass is 16.5. The van der Waals surface area contributed by atoms with Crippen molar-refractivity contribution in [1.29, 1.82) is 0 Å². The summed E-state index contributed by atoms with van der Waals surface area (Å²) in [7, 11) is 1.68. The number of hydrogen-bond acceptors (Lipinski definition) is 4. The van der Waals surface area contributed by atoms with E-state index in [1.54, 1.807) is 13.3 Å². The second-order valence-corrected chi connectivity index (χ2v) is 8.16. The van der Waals surface area contributed by atoms with Crippen molar-refractivity contribution in [2.75, 3.05) is 33.3 Å². The Morgan fingerprint density at radius 2 is 1.84 bits per heavy atom. The van der Waals surface area contributed by atoms with Crippen molar-refractivity contribution in [1.82, 2.24) is 19.6 Å². The van der Waals surface area contributed by atoms with Crippen LogP contribution >= 0.6 is 0 Å². The van der Waals surface area contributed by atoms with Crippen molar-refractivity contribution in [2.45, 2.75) is 26.8 Å². The first-order valence-electron chi connectivity index (χ1n) is 10.8. The molecule has 0 atom stereocenters. The number of ether oxygens (including phenoxy) is 1. The van der Waals surface area contributed by atoms with E-state index in [4.69, 9.17) is 4.74 Å². The number of methoxy groups -OCH3 is 1. The maximum Gasteiger partial charge on any atom is 0.257 e. The largest absolute Gasteiger partial charge is 0.497 e. The Morgan fingerprint density at radius 1 is 1.03 bits per heavy atom. The highest BCUT2D eigenvalue weighted by Gasteiger charge is 2.24. The fourth-order valence-electron chi connectivity index (χ4n) is 4.13. The number of hydrogen-bond donors (Lipinski definition) is 0. The van der Waals surface area contributed by atoms with Gasteiger partial charge in [-0.3, -0.25) is 9.69 Å². The molecular formula is C25H30N4O2.